The van der Waals surface area contributed by atoms with Crippen LogP contribution in [0, 0.1) is 11.6 Å². The van der Waals surface area contributed by atoms with Crippen LogP contribution in [-0.4, -0.2) is 83.6 Å². The van der Waals surface area contributed by atoms with Gasteiger partial charge in [0.2, 0.25) is 0 Å². The van der Waals surface area contributed by atoms with E-state index in [1.165, 1.54) is 16.4 Å². The van der Waals surface area contributed by atoms with E-state index in [1.807, 2.05) is 6.92 Å². The lowest BCUT2D eigenvalue weighted by atomic mass is 10.1. The summed E-state index contributed by atoms with van der Waals surface area (Å²) in [7, 11) is 0. The van der Waals surface area contributed by atoms with Gasteiger partial charge < -0.3 is 25.4 Å². The number of anilines is 1. The number of fused-ring (bicyclic) bond motifs is 1. The van der Waals surface area contributed by atoms with Crippen LogP contribution in [0.4, 0.5) is 14.6 Å². The molecule has 2 aliphatic carbocycles. The molecule has 0 bridgehead atoms. The molecular weight excluding hydrogens is 494 g/mol. The molecule has 6 atom stereocenters. The van der Waals surface area contributed by atoms with E-state index in [1.54, 1.807) is 0 Å². The van der Waals surface area contributed by atoms with E-state index in [0.717, 1.165) is 6.42 Å². The summed E-state index contributed by atoms with van der Waals surface area (Å²) in [6.45, 7) is 1.60. The molecule has 0 amide bonds. The van der Waals surface area contributed by atoms with Gasteiger partial charge in [-0.1, -0.05) is 29.9 Å². The van der Waals surface area contributed by atoms with Gasteiger partial charge in [-0.25, -0.2) is 23.4 Å². The Kier molecular flexibility index (Phi) is 5.47. The van der Waals surface area contributed by atoms with Gasteiger partial charge in [-0.3, -0.25) is 0 Å². The Hall–Kier alpha value is -2.45. The molecule has 1 aromatic carbocycles. The molecule has 36 heavy (non-hydrogen) atoms. The summed E-state index contributed by atoms with van der Waals surface area (Å²) in [6.07, 6.45) is -5.09. The maximum absolute atomic E-state index is 14.4. The van der Waals surface area contributed by atoms with Gasteiger partial charge in [-0.05, 0) is 30.4 Å². The molecule has 0 radical (unpaired) electrons. The first-order valence-corrected chi connectivity index (χ1v) is 12.4. The predicted octanol–water partition coefficient (Wildman–Crippen LogP) is 2.01. The molecule has 0 aliphatic heterocycles. The van der Waals surface area contributed by atoms with E-state index in [0.29, 0.717) is 5.75 Å². The number of ether oxygens (including phenoxy) is 1. The second-order valence-corrected chi connectivity index (χ2v) is 9.42. The number of benzene rings is 1. The molecule has 10 nitrogen and oxygen atoms in total. The third-order valence-electron chi connectivity index (χ3n) is 5.87. The van der Waals surface area contributed by atoms with Crippen molar-refractivity contribution in [2.75, 3.05) is 24.3 Å². The fourth-order valence-corrected chi connectivity index (χ4v) is 4.74. The third kappa shape index (κ3) is 4.90. The first kappa shape index (κ1) is 18.7. The van der Waals surface area contributed by atoms with E-state index in [2.05, 4.69) is 25.6 Å². The van der Waals surface area contributed by atoms with Gasteiger partial charge in [-0.2, -0.15) is 0 Å². The molecule has 5 rings (SSSR count). The van der Waals surface area contributed by atoms with Gasteiger partial charge in [0, 0.05) is 26.9 Å². The molecule has 2 saturated carbocycles. The van der Waals surface area contributed by atoms with Gasteiger partial charge >= 0.3 is 0 Å². The van der Waals surface area contributed by atoms with Crippen LogP contribution in [0.25, 0.3) is 11.2 Å². The quantitative estimate of drug-likeness (QED) is 0.228. The number of rotatable bonds is 10. The number of nitrogens with zero attached hydrogens (tertiary/aromatic N) is 5. The van der Waals surface area contributed by atoms with Crippen LogP contribution in [-0.2, 0) is 4.74 Å². The minimum atomic E-state index is -2.51. The van der Waals surface area contributed by atoms with E-state index >= 15 is 0 Å². The van der Waals surface area contributed by atoms with E-state index in [4.69, 9.17) is 18.1 Å². The Morgan fingerprint density at radius 2 is 2.14 bits per heavy atom. The number of aliphatic hydroxyl groups is 3. The van der Waals surface area contributed by atoms with Crippen molar-refractivity contribution in [2.45, 2.75) is 67.6 Å². The topological polar surface area (TPSA) is 138 Å². The first-order chi connectivity index (χ1) is 19.8. The van der Waals surface area contributed by atoms with Crippen molar-refractivity contribution in [3.8, 4) is 0 Å². The predicted molar refractivity (Wildman–Crippen MR) is 128 cm³/mol. The average molecular weight is 529 g/mol. The van der Waals surface area contributed by atoms with E-state index < -0.39 is 78.0 Å². The Morgan fingerprint density at radius 3 is 2.92 bits per heavy atom. The first-order valence-electron chi connectivity index (χ1n) is 14.4. The summed E-state index contributed by atoms with van der Waals surface area (Å²) in [5, 5.41) is 41.3. The molecule has 2 aromatic heterocycles. The van der Waals surface area contributed by atoms with Crippen LogP contribution in [0.5, 0.6) is 0 Å². The lowest BCUT2D eigenvalue weighted by Gasteiger charge is -2.17. The number of hydrogen-bond donors (Lipinski definition) is 4. The Labute approximate surface area is 218 Å². The van der Waals surface area contributed by atoms with Crippen LogP contribution in [0.1, 0.15) is 51.9 Å². The van der Waals surface area contributed by atoms with Crippen molar-refractivity contribution in [3.63, 3.8) is 0 Å². The highest BCUT2D eigenvalue weighted by atomic mass is 32.2. The summed E-state index contributed by atoms with van der Waals surface area (Å²) in [5.41, 5.74) is -0.554. The monoisotopic (exact) mass is 528 g/mol. The molecule has 194 valence electrons. The molecule has 3 aromatic rings. The maximum Gasteiger partial charge on any atom is 0.191 e. The standard InChI is InChI=1S/C23H28F2N6O4S/c1-2-7-36-23-27-21(26-15-9-12(15)11-3-4-13(24)14(25)8-11)18-22(28-23)31(30-29-18)16-10-17(35-6-5-32)20(34)19(16)33/h3-4,8,12,15-17,19-20,32-34H,2,5-7,9-10H2,1H3,(H,26,27,28)/t12?,15-,16+,17-,19-,20+/m0/s1/i3D,4D,8D,9D2,15D. The lowest BCUT2D eigenvalue weighted by molar-refractivity contribution is -0.0629. The minimum Gasteiger partial charge on any atom is -0.394 e. The van der Waals surface area contributed by atoms with Gasteiger partial charge in [0.1, 0.15) is 12.2 Å². The van der Waals surface area contributed by atoms with Crippen LogP contribution < -0.4 is 5.32 Å². The van der Waals surface area contributed by atoms with Crippen LogP contribution >= 0.6 is 11.8 Å². The molecule has 2 fully saturated rings. The fourth-order valence-electron chi connectivity index (χ4n) is 4.05. The summed E-state index contributed by atoms with van der Waals surface area (Å²) in [4.78, 5) is 8.88. The minimum absolute atomic E-state index is 0.0194. The van der Waals surface area contributed by atoms with Crippen LogP contribution in [0.15, 0.2) is 23.3 Å². The zero-order valence-corrected chi connectivity index (χ0v) is 19.9. The van der Waals surface area contributed by atoms with Crippen LogP contribution in [0.3, 0.4) is 0 Å². The maximum atomic E-state index is 14.4. The van der Waals surface area contributed by atoms with E-state index in [-0.39, 0.29) is 41.8 Å². The highest BCUT2D eigenvalue weighted by Crippen LogP contribution is 2.44. The number of aromatic nitrogens is 5. The van der Waals surface area contributed by atoms with Crippen molar-refractivity contribution in [1.29, 1.82) is 0 Å². The summed E-state index contributed by atoms with van der Waals surface area (Å²) in [5.74, 6) is -4.60. The van der Waals surface area contributed by atoms with Crippen molar-refractivity contribution in [2.24, 2.45) is 0 Å². The number of halogens is 2. The Morgan fingerprint density at radius 1 is 1.31 bits per heavy atom. The van der Waals surface area contributed by atoms with Crippen molar-refractivity contribution < 1.29 is 37.1 Å². The number of thioether (sulfide) groups is 1. The smallest absolute Gasteiger partial charge is 0.191 e. The lowest BCUT2D eigenvalue weighted by Crippen LogP contribution is -2.33. The summed E-state index contributed by atoms with van der Waals surface area (Å²) in [6, 6.07) is -6.33. The molecule has 2 aliphatic rings. The zero-order valence-electron chi connectivity index (χ0n) is 25.1. The number of hydrogen-bond acceptors (Lipinski definition) is 10. The highest BCUT2D eigenvalue weighted by Gasteiger charge is 2.45. The SMILES string of the molecule is [2H]c1c([2H])c(C2C([2H])([2H])[C@]2([2H])Nc2nc(SCCC)nc3c2nnn3[C@@H]2C[C@H](OCCO)[C@@H](O)[C@H]2O)c([2H])c(F)c1F. The van der Waals surface area contributed by atoms with Gasteiger partial charge in [-0.15, -0.1) is 5.10 Å². The largest absolute Gasteiger partial charge is 0.394 e. The van der Waals surface area contributed by atoms with Crippen molar-refractivity contribution in [3.05, 3.63) is 35.3 Å². The number of aliphatic hydroxyl groups excluding tert-OH is 3. The molecule has 0 saturated heterocycles. The summed E-state index contributed by atoms with van der Waals surface area (Å²) < 4.78 is 84.7. The average Bonchev–Trinajstić information content (AvgIpc) is 3.27. The molecule has 1 unspecified atom stereocenters. The van der Waals surface area contributed by atoms with Gasteiger partial charge in [0.25, 0.3) is 0 Å². The van der Waals surface area contributed by atoms with Crippen LogP contribution in [0.2, 0.25) is 0 Å². The molecular formula is C23H28F2N6O4S. The fraction of sp³-hybridized carbons (Fsp3) is 0.565. The number of nitrogens with one attached hydrogen (secondary N) is 1. The van der Waals surface area contributed by atoms with Crippen molar-refractivity contribution in [1.82, 2.24) is 25.0 Å². The molecule has 2 heterocycles. The molecule has 13 heteroatoms. The zero-order chi connectivity index (χ0) is 30.7. The molecule has 0 spiro atoms. The highest BCUT2D eigenvalue weighted by molar-refractivity contribution is 7.99. The van der Waals surface area contributed by atoms with Crippen molar-refractivity contribution >= 4 is 28.7 Å². The summed E-state index contributed by atoms with van der Waals surface area (Å²) >= 11 is 1.24. The third-order valence-corrected chi connectivity index (χ3v) is 6.92. The second-order valence-electron chi connectivity index (χ2n) is 8.36. The molecule has 4 N–H and O–H groups in total. The normalized spacial score (nSPS) is 33.4. The second kappa shape index (κ2) is 10.5. The van der Waals surface area contributed by atoms with E-state index in [9.17, 15) is 19.0 Å². The van der Waals surface area contributed by atoms with Gasteiger partial charge in [0.15, 0.2) is 33.8 Å². The Balaban J connectivity index is 1.56. The van der Waals surface area contributed by atoms with Gasteiger partial charge in [0.05, 0.1) is 30.8 Å². The Bertz CT molecular complexity index is 1500.